The first-order valence-electron chi connectivity index (χ1n) is 7.84. The molecule has 3 aromatic rings. The molecule has 0 N–H and O–H groups in total. The predicted molar refractivity (Wildman–Crippen MR) is 98.7 cm³/mol. The lowest BCUT2D eigenvalue weighted by atomic mass is 10.0. The van der Waals surface area contributed by atoms with E-state index in [0.29, 0.717) is 11.5 Å². The van der Waals surface area contributed by atoms with Crippen molar-refractivity contribution in [1.29, 1.82) is 0 Å². The van der Waals surface area contributed by atoms with E-state index >= 15 is 0 Å². The normalized spacial score (nSPS) is 12.0. The average molecular weight is 320 g/mol. The van der Waals surface area contributed by atoms with E-state index < -0.39 is 10.8 Å². The molecule has 1 unspecified atom stereocenters. The van der Waals surface area contributed by atoms with Crippen molar-refractivity contribution in [2.24, 2.45) is 0 Å². The van der Waals surface area contributed by atoms with E-state index in [2.05, 4.69) is 48.5 Å². The van der Waals surface area contributed by atoms with Crippen LogP contribution in [0.1, 0.15) is 11.1 Å². The smallest absolute Gasteiger partial charge is 0.0485 e. The Kier molecular flexibility index (Phi) is 5.38. The summed E-state index contributed by atoms with van der Waals surface area (Å²) in [6, 6.07) is 29.0. The predicted octanol–water partition coefficient (Wildman–Crippen LogP) is 4.85. The standard InChI is InChI=1S/C21H20OS/c22-23(16-15-18-7-3-1-4-8-18)17-19-11-13-21(14-12-19)20-9-5-2-6-10-20/h1-14H,15-17H2. The Bertz CT molecular complexity index is 749. The molecule has 0 spiro atoms. The highest BCUT2D eigenvalue weighted by Gasteiger charge is 2.04. The number of hydrogen-bond acceptors (Lipinski definition) is 1. The minimum absolute atomic E-state index is 0.627. The molecule has 0 aliphatic carbocycles. The SMILES string of the molecule is O=S(CCc1ccccc1)Cc1ccc(-c2ccccc2)cc1. The van der Waals surface area contributed by atoms with Crippen molar-refractivity contribution in [2.75, 3.05) is 5.75 Å². The zero-order valence-corrected chi connectivity index (χ0v) is 13.8. The van der Waals surface area contributed by atoms with Gasteiger partial charge in [0.1, 0.15) is 0 Å². The maximum Gasteiger partial charge on any atom is 0.0485 e. The average Bonchev–Trinajstić information content (AvgIpc) is 2.62. The van der Waals surface area contributed by atoms with Crippen LogP contribution in [0.15, 0.2) is 84.9 Å². The fraction of sp³-hybridized carbons (Fsp3) is 0.143. The molecule has 0 aliphatic heterocycles. The summed E-state index contributed by atoms with van der Waals surface area (Å²) < 4.78 is 12.3. The van der Waals surface area contributed by atoms with Crippen LogP contribution >= 0.6 is 0 Å². The molecule has 0 heterocycles. The van der Waals surface area contributed by atoms with Gasteiger partial charge in [0.2, 0.25) is 0 Å². The van der Waals surface area contributed by atoms with Crippen molar-refractivity contribution in [3.8, 4) is 11.1 Å². The third-order valence-corrected chi connectivity index (χ3v) is 5.16. The molecule has 0 saturated carbocycles. The Morgan fingerprint density at radius 1 is 0.609 bits per heavy atom. The van der Waals surface area contributed by atoms with Crippen LogP contribution in [0.25, 0.3) is 11.1 Å². The number of benzene rings is 3. The monoisotopic (exact) mass is 320 g/mol. The minimum Gasteiger partial charge on any atom is -0.259 e. The van der Waals surface area contributed by atoms with Crippen LogP contribution in [-0.2, 0) is 23.0 Å². The highest BCUT2D eigenvalue weighted by atomic mass is 32.2. The molecule has 0 aliphatic rings. The van der Waals surface area contributed by atoms with Crippen LogP contribution in [0.3, 0.4) is 0 Å². The zero-order chi connectivity index (χ0) is 15.9. The Morgan fingerprint density at radius 2 is 1.17 bits per heavy atom. The summed E-state index contributed by atoms with van der Waals surface area (Å²) in [5.74, 6) is 1.34. The molecular weight excluding hydrogens is 300 g/mol. The first-order chi connectivity index (χ1) is 11.3. The number of aryl methyl sites for hydroxylation is 1. The van der Waals surface area contributed by atoms with Gasteiger partial charge in [0.25, 0.3) is 0 Å². The van der Waals surface area contributed by atoms with Crippen molar-refractivity contribution >= 4 is 10.8 Å². The van der Waals surface area contributed by atoms with Gasteiger partial charge in [0.05, 0.1) is 0 Å². The molecule has 0 fully saturated rings. The van der Waals surface area contributed by atoms with Gasteiger partial charge in [-0.15, -0.1) is 0 Å². The van der Waals surface area contributed by atoms with E-state index in [9.17, 15) is 4.21 Å². The lowest BCUT2D eigenvalue weighted by molar-refractivity contribution is 0.682. The Hall–Kier alpha value is -2.19. The summed E-state index contributed by atoms with van der Waals surface area (Å²) in [6.07, 6.45) is 0.871. The Balaban J connectivity index is 1.57. The van der Waals surface area contributed by atoms with Gasteiger partial charge in [-0.05, 0) is 28.7 Å². The van der Waals surface area contributed by atoms with Crippen LogP contribution in [-0.4, -0.2) is 9.96 Å². The highest BCUT2D eigenvalue weighted by molar-refractivity contribution is 7.84. The van der Waals surface area contributed by atoms with Crippen molar-refractivity contribution in [2.45, 2.75) is 12.2 Å². The topological polar surface area (TPSA) is 17.1 Å². The molecular formula is C21H20OS. The second-order valence-electron chi connectivity index (χ2n) is 5.59. The molecule has 0 aromatic heterocycles. The highest BCUT2D eigenvalue weighted by Crippen LogP contribution is 2.19. The summed E-state index contributed by atoms with van der Waals surface area (Å²) in [5, 5.41) is 0. The van der Waals surface area contributed by atoms with E-state index in [1.54, 1.807) is 0 Å². The molecule has 116 valence electrons. The van der Waals surface area contributed by atoms with Crippen LogP contribution < -0.4 is 0 Å². The molecule has 3 rings (SSSR count). The van der Waals surface area contributed by atoms with Crippen molar-refractivity contribution < 1.29 is 4.21 Å². The second-order valence-corrected chi connectivity index (χ2v) is 7.16. The second kappa shape index (κ2) is 7.89. The first kappa shape index (κ1) is 15.7. The third-order valence-electron chi connectivity index (χ3n) is 3.85. The lowest BCUT2D eigenvalue weighted by Crippen LogP contribution is -2.03. The summed E-state index contributed by atoms with van der Waals surface area (Å²) >= 11 is 0. The van der Waals surface area contributed by atoms with E-state index in [1.165, 1.54) is 16.7 Å². The van der Waals surface area contributed by atoms with Crippen LogP contribution in [0, 0.1) is 0 Å². The molecule has 23 heavy (non-hydrogen) atoms. The lowest BCUT2D eigenvalue weighted by Gasteiger charge is -2.05. The maximum atomic E-state index is 12.3. The van der Waals surface area contributed by atoms with E-state index in [4.69, 9.17) is 0 Å². The van der Waals surface area contributed by atoms with E-state index in [0.717, 1.165) is 12.0 Å². The number of hydrogen-bond donors (Lipinski definition) is 0. The fourth-order valence-electron chi connectivity index (χ4n) is 2.56. The quantitative estimate of drug-likeness (QED) is 0.635. The van der Waals surface area contributed by atoms with Gasteiger partial charge in [0, 0.05) is 22.3 Å². The van der Waals surface area contributed by atoms with Gasteiger partial charge in [-0.3, -0.25) is 4.21 Å². The van der Waals surface area contributed by atoms with Gasteiger partial charge >= 0.3 is 0 Å². The summed E-state index contributed by atoms with van der Waals surface area (Å²) in [7, 11) is -0.823. The van der Waals surface area contributed by atoms with Crippen LogP contribution in [0.4, 0.5) is 0 Å². The van der Waals surface area contributed by atoms with Gasteiger partial charge in [-0.25, -0.2) is 0 Å². The van der Waals surface area contributed by atoms with E-state index in [1.807, 2.05) is 36.4 Å². The Morgan fingerprint density at radius 3 is 1.83 bits per heavy atom. The summed E-state index contributed by atoms with van der Waals surface area (Å²) in [6.45, 7) is 0. The zero-order valence-electron chi connectivity index (χ0n) is 13.0. The van der Waals surface area contributed by atoms with Crippen molar-refractivity contribution in [1.82, 2.24) is 0 Å². The minimum atomic E-state index is -0.823. The molecule has 2 heteroatoms. The van der Waals surface area contributed by atoms with Gasteiger partial charge in [-0.2, -0.15) is 0 Å². The van der Waals surface area contributed by atoms with Crippen LogP contribution in [0.5, 0.6) is 0 Å². The largest absolute Gasteiger partial charge is 0.259 e. The van der Waals surface area contributed by atoms with Crippen molar-refractivity contribution in [3.63, 3.8) is 0 Å². The molecule has 3 aromatic carbocycles. The molecule has 1 nitrogen and oxygen atoms in total. The molecule has 1 atom stereocenters. The van der Waals surface area contributed by atoms with Gasteiger partial charge < -0.3 is 0 Å². The fourth-order valence-corrected chi connectivity index (χ4v) is 3.73. The van der Waals surface area contributed by atoms with Crippen LogP contribution in [0.2, 0.25) is 0 Å². The molecule has 0 amide bonds. The summed E-state index contributed by atoms with van der Waals surface area (Å²) in [4.78, 5) is 0. The molecule has 0 radical (unpaired) electrons. The summed E-state index contributed by atoms with van der Waals surface area (Å²) in [5.41, 5.74) is 4.80. The first-order valence-corrected chi connectivity index (χ1v) is 9.33. The van der Waals surface area contributed by atoms with Gasteiger partial charge in [0.15, 0.2) is 0 Å². The third kappa shape index (κ3) is 4.64. The molecule has 0 bridgehead atoms. The van der Waals surface area contributed by atoms with E-state index in [-0.39, 0.29) is 0 Å². The van der Waals surface area contributed by atoms with Gasteiger partial charge in [-0.1, -0.05) is 84.9 Å². The van der Waals surface area contributed by atoms with Crippen molar-refractivity contribution in [3.05, 3.63) is 96.1 Å². The Labute approximate surface area is 140 Å². The number of rotatable bonds is 6. The molecule has 0 saturated heterocycles. The maximum absolute atomic E-state index is 12.3.